The molecule has 0 aliphatic carbocycles. The summed E-state index contributed by atoms with van der Waals surface area (Å²) < 4.78 is 21.6. The Morgan fingerprint density at radius 1 is 1.12 bits per heavy atom. The van der Waals surface area contributed by atoms with Gasteiger partial charge in [-0.3, -0.25) is 4.79 Å². The van der Waals surface area contributed by atoms with Crippen LogP contribution in [0, 0.1) is 0 Å². The van der Waals surface area contributed by atoms with Gasteiger partial charge in [-0.1, -0.05) is 0 Å². The van der Waals surface area contributed by atoms with E-state index in [1.54, 1.807) is 39.2 Å². The average molecular weight is 355 g/mol. The Morgan fingerprint density at radius 3 is 2.42 bits per heavy atom. The molecule has 0 N–H and O–H groups in total. The normalized spacial score (nSPS) is 17.2. The van der Waals surface area contributed by atoms with Gasteiger partial charge in [0.2, 0.25) is 5.91 Å². The summed E-state index contributed by atoms with van der Waals surface area (Å²) in [6.45, 7) is 3.97. The molecule has 7 heteroatoms. The molecule has 1 saturated heterocycles. The van der Waals surface area contributed by atoms with Crippen molar-refractivity contribution in [3.63, 3.8) is 0 Å². The smallest absolute Gasteiger partial charge is 0.233 e. The molecule has 0 radical (unpaired) electrons. The van der Waals surface area contributed by atoms with Gasteiger partial charge in [0.25, 0.3) is 0 Å². The SMILES string of the molecule is CCOCCCN1C(=O)CSC1c1cc(OC)c(OC)cc1OC. The molecule has 0 spiro atoms. The second-order valence-corrected chi connectivity index (χ2v) is 6.32. The Hall–Kier alpha value is -1.60. The van der Waals surface area contributed by atoms with Crippen LogP contribution in [-0.2, 0) is 9.53 Å². The largest absolute Gasteiger partial charge is 0.496 e. The molecule has 1 fully saturated rings. The molecule has 1 aromatic rings. The number of hydrogen-bond donors (Lipinski definition) is 0. The maximum atomic E-state index is 12.3. The predicted octanol–water partition coefficient (Wildman–Crippen LogP) is 2.71. The number of thioether (sulfide) groups is 1. The number of methoxy groups -OCH3 is 3. The number of carbonyl (C=O) groups excluding carboxylic acids is 1. The van der Waals surface area contributed by atoms with Crippen LogP contribution in [-0.4, -0.2) is 57.6 Å². The van der Waals surface area contributed by atoms with Crippen molar-refractivity contribution in [2.75, 3.05) is 46.8 Å². The topological polar surface area (TPSA) is 57.2 Å². The molecular formula is C17H25NO5S. The molecule has 0 bridgehead atoms. The molecule has 1 atom stereocenters. The van der Waals surface area contributed by atoms with E-state index >= 15 is 0 Å². The van der Waals surface area contributed by atoms with E-state index in [0.29, 0.717) is 42.8 Å². The minimum Gasteiger partial charge on any atom is -0.496 e. The third-order valence-corrected chi connectivity index (χ3v) is 5.10. The van der Waals surface area contributed by atoms with Crippen LogP contribution in [0.4, 0.5) is 0 Å². The maximum Gasteiger partial charge on any atom is 0.233 e. The van der Waals surface area contributed by atoms with E-state index in [4.69, 9.17) is 18.9 Å². The molecule has 6 nitrogen and oxygen atoms in total. The molecule has 1 unspecified atom stereocenters. The molecule has 1 heterocycles. The number of rotatable bonds is 9. The second-order valence-electron chi connectivity index (χ2n) is 5.25. The fourth-order valence-corrected chi connectivity index (χ4v) is 3.91. The van der Waals surface area contributed by atoms with E-state index < -0.39 is 0 Å². The fraction of sp³-hybridized carbons (Fsp3) is 0.588. The lowest BCUT2D eigenvalue weighted by atomic mass is 10.1. The highest BCUT2D eigenvalue weighted by atomic mass is 32.2. The summed E-state index contributed by atoms with van der Waals surface area (Å²) in [6.07, 6.45) is 0.812. The lowest BCUT2D eigenvalue weighted by molar-refractivity contribution is -0.128. The summed E-state index contributed by atoms with van der Waals surface area (Å²) in [7, 11) is 4.80. The van der Waals surface area contributed by atoms with Gasteiger partial charge in [-0.05, 0) is 19.4 Å². The van der Waals surface area contributed by atoms with Crippen LogP contribution in [0.1, 0.15) is 24.3 Å². The number of benzene rings is 1. The third-order valence-electron chi connectivity index (χ3n) is 3.86. The van der Waals surface area contributed by atoms with E-state index in [-0.39, 0.29) is 11.3 Å². The highest BCUT2D eigenvalue weighted by Gasteiger charge is 2.35. The molecule has 1 amide bonds. The van der Waals surface area contributed by atoms with Crippen molar-refractivity contribution in [1.29, 1.82) is 0 Å². The highest BCUT2D eigenvalue weighted by molar-refractivity contribution is 8.00. The second kappa shape index (κ2) is 9.03. The minimum absolute atomic E-state index is 0.0890. The molecule has 0 saturated carbocycles. The lowest BCUT2D eigenvalue weighted by Crippen LogP contribution is -2.30. The monoisotopic (exact) mass is 355 g/mol. The standard InChI is InChI=1S/C17H25NO5S/c1-5-23-8-6-7-18-16(19)11-24-17(18)12-9-14(21-3)15(22-4)10-13(12)20-2/h9-10,17H,5-8,11H2,1-4H3. The van der Waals surface area contributed by atoms with Gasteiger partial charge in [0.1, 0.15) is 11.1 Å². The average Bonchev–Trinajstić information content (AvgIpc) is 2.98. The zero-order valence-corrected chi connectivity index (χ0v) is 15.5. The van der Waals surface area contributed by atoms with Crippen LogP contribution in [0.15, 0.2) is 12.1 Å². The molecule has 1 aliphatic heterocycles. The van der Waals surface area contributed by atoms with Crippen LogP contribution in [0.3, 0.4) is 0 Å². The van der Waals surface area contributed by atoms with E-state index in [1.165, 1.54) is 0 Å². The van der Waals surface area contributed by atoms with Gasteiger partial charge in [0, 0.05) is 31.4 Å². The third kappa shape index (κ3) is 4.08. The van der Waals surface area contributed by atoms with Crippen LogP contribution < -0.4 is 14.2 Å². The summed E-state index contributed by atoms with van der Waals surface area (Å²) in [4.78, 5) is 14.1. The molecule has 1 aromatic carbocycles. The predicted molar refractivity (Wildman–Crippen MR) is 94.1 cm³/mol. The molecule has 0 aromatic heterocycles. The van der Waals surface area contributed by atoms with E-state index in [0.717, 1.165) is 12.0 Å². The van der Waals surface area contributed by atoms with Gasteiger partial charge >= 0.3 is 0 Å². The Bertz CT molecular complexity index is 566. The van der Waals surface area contributed by atoms with Gasteiger partial charge in [-0.2, -0.15) is 0 Å². The van der Waals surface area contributed by atoms with E-state index in [9.17, 15) is 4.79 Å². The minimum atomic E-state index is -0.0890. The number of hydrogen-bond acceptors (Lipinski definition) is 6. The number of carbonyl (C=O) groups is 1. The zero-order valence-electron chi connectivity index (χ0n) is 14.7. The van der Waals surface area contributed by atoms with Crippen molar-refractivity contribution in [2.45, 2.75) is 18.7 Å². The Kier molecular flexibility index (Phi) is 7.05. The van der Waals surface area contributed by atoms with Crippen LogP contribution in [0.2, 0.25) is 0 Å². The Labute approximate surface area is 147 Å². The van der Waals surface area contributed by atoms with Crippen molar-refractivity contribution in [1.82, 2.24) is 4.90 Å². The van der Waals surface area contributed by atoms with Crippen molar-refractivity contribution in [3.05, 3.63) is 17.7 Å². The van der Waals surface area contributed by atoms with E-state index in [2.05, 4.69) is 0 Å². The first kappa shape index (κ1) is 18.7. The van der Waals surface area contributed by atoms with Crippen molar-refractivity contribution >= 4 is 17.7 Å². The lowest BCUT2D eigenvalue weighted by Gasteiger charge is -2.26. The van der Waals surface area contributed by atoms with Crippen molar-refractivity contribution in [3.8, 4) is 17.2 Å². The number of amides is 1. The maximum absolute atomic E-state index is 12.3. The Balaban J connectivity index is 2.25. The molecule has 1 aliphatic rings. The van der Waals surface area contributed by atoms with Crippen LogP contribution in [0.25, 0.3) is 0 Å². The number of ether oxygens (including phenoxy) is 4. The summed E-state index contributed by atoms with van der Waals surface area (Å²) in [5.74, 6) is 2.53. The molecule has 2 rings (SSSR count). The first-order valence-corrected chi connectivity index (χ1v) is 8.99. The zero-order chi connectivity index (χ0) is 17.5. The summed E-state index contributed by atoms with van der Waals surface area (Å²) in [5.41, 5.74) is 0.919. The summed E-state index contributed by atoms with van der Waals surface area (Å²) in [5, 5.41) is -0.0890. The summed E-state index contributed by atoms with van der Waals surface area (Å²) in [6, 6.07) is 3.69. The van der Waals surface area contributed by atoms with Crippen LogP contribution in [0.5, 0.6) is 17.2 Å². The van der Waals surface area contributed by atoms with Crippen LogP contribution >= 0.6 is 11.8 Å². The quantitative estimate of drug-likeness (QED) is 0.635. The van der Waals surface area contributed by atoms with Gasteiger partial charge in [0.15, 0.2) is 11.5 Å². The first-order valence-electron chi connectivity index (χ1n) is 7.95. The van der Waals surface area contributed by atoms with Gasteiger partial charge < -0.3 is 23.8 Å². The summed E-state index contributed by atoms with van der Waals surface area (Å²) >= 11 is 1.60. The molecule has 24 heavy (non-hydrogen) atoms. The molecular weight excluding hydrogens is 330 g/mol. The number of nitrogens with zero attached hydrogens (tertiary/aromatic N) is 1. The first-order chi connectivity index (χ1) is 11.7. The Morgan fingerprint density at radius 2 is 1.79 bits per heavy atom. The van der Waals surface area contributed by atoms with Gasteiger partial charge in [-0.25, -0.2) is 0 Å². The van der Waals surface area contributed by atoms with Crippen molar-refractivity contribution < 1.29 is 23.7 Å². The van der Waals surface area contributed by atoms with E-state index in [1.807, 2.05) is 17.9 Å². The van der Waals surface area contributed by atoms with Crippen molar-refractivity contribution in [2.24, 2.45) is 0 Å². The van der Waals surface area contributed by atoms with Gasteiger partial charge in [-0.15, -0.1) is 11.8 Å². The van der Waals surface area contributed by atoms with Gasteiger partial charge in [0.05, 0.1) is 27.1 Å². The molecule has 134 valence electrons. The highest BCUT2D eigenvalue weighted by Crippen LogP contribution is 2.46. The fourth-order valence-electron chi connectivity index (χ4n) is 2.68.